The Morgan fingerprint density at radius 1 is 1.15 bits per heavy atom. The maximum Gasteiger partial charge on any atom is 0.219 e. The van der Waals surface area contributed by atoms with Gasteiger partial charge in [-0.2, -0.15) is 0 Å². The molecule has 3 rings (SSSR count). The number of allylic oxidation sites excluding steroid dienone is 2. The third-order valence-electron chi connectivity index (χ3n) is 2.87. The van der Waals surface area contributed by atoms with Crippen molar-refractivity contribution in [1.29, 1.82) is 0 Å². The standard InChI is InChI=1S/C14H6BrClN2O2/c15-9-6-11(19)8-1-2-10(18-13(8)14(9)20)7-3-4-17-12(16)5-7/h1-6H. The van der Waals surface area contributed by atoms with Crippen LogP contribution < -0.4 is 0 Å². The Morgan fingerprint density at radius 3 is 2.70 bits per heavy atom. The van der Waals surface area contributed by atoms with Gasteiger partial charge in [-0.05, 0) is 40.2 Å². The van der Waals surface area contributed by atoms with Gasteiger partial charge in [-0.1, -0.05) is 11.6 Å². The SMILES string of the molecule is O=C1C=C(Br)C(=O)c2nc(-c3ccnc(Cl)c3)ccc21. The maximum absolute atomic E-state index is 12.0. The van der Waals surface area contributed by atoms with E-state index in [1.807, 2.05) is 0 Å². The molecule has 4 nitrogen and oxygen atoms in total. The molecule has 0 N–H and O–H groups in total. The van der Waals surface area contributed by atoms with Crippen LogP contribution >= 0.6 is 27.5 Å². The Kier molecular flexibility index (Phi) is 3.23. The van der Waals surface area contributed by atoms with E-state index in [0.717, 1.165) is 5.56 Å². The molecule has 0 aliphatic heterocycles. The van der Waals surface area contributed by atoms with Crippen molar-refractivity contribution in [2.75, 3.05) is 0 Å². The van der Waals surface area contributed by atoms with Crippen LogP contribution in [0, 0.1) is 0 Å². The van der Waals surface area contributed by atoms with Crippen LogP contribution in [0.4, 0.5) is 0 Å². The minimum atomic E-state index is -0.304. The average molecular weight is 350 g/mol. The Labute approximate surface area is 127 Å². The van der Waals surface area contributed by atoms with Crippen LogP contribution in [-0.4, -0.2) is 21.5 Å². The summed E-state index contributed by atoms with van der Waals surface area (Å²) in [5, 5.41) is 0.338. The minimum absolute atomic E-state index is 0.148. The van der Waals surface area contributed by atoms with E-state index < -0.39 is 0 Å². The third kappa shape index (κ3) is 2.19. The number of halogens is 2. The number of Topliss-reactive ketones (excluding diaryl/α,β-unsaturated/α-hetero) is 1. The fourth-order valence-electron chi connectivity index (χ4n) is 1.93. The highest BCUT2D eigenvalue weighted by molar-refractivity contribution is 9.12. The monoisotopic (exact) mass is 348 g/mol. The van der Waals surface area contributed by atoms with E-state index in [4.69, 9.17) is 11.6 Å². The average Bonchev–Trinajstić information content (AvgIpc) is 2.44. The number of nitrogens with zero attached hydrogens (tertiary/aromatic N) is 2. The summed E-state index contributed by atoms with van der Waals surface area (Å²) in [6.45, 7) is 0. The molecule has 2 heterocycles. The van der Waals surface area contributed by atoms with E-state index in [0.29, 0.717) is 16.4 Å². The zero-order chi connectivity index (χ0) is 14.3. The maximum atomic E-state index is 12.0. The van der Waals surface area contributed by atoms with E-state index >= 15 is 0 Å². The molecular formula is C14H6BrClN2O2. The van der Waals surface area contributed by atoms with Crippen molar-refractivity contribution in [3.05, 3.63) is 57.4 Å². The van der Waals surface area contributed by atoms with E-state index in [1.165, 1.54) is 6.08 Å². The number of carbonyl (C=O) groups is 2. The predicted molar refractivity (Wildman–Crippen MR) is 78.1 cm³/mol. The fourth-order valence-corrected chi connectivity index (χ4v) is 2.49. The Morgan fingerprint density at radius 2 is 1.95 bits per heavy atom. The van der Waals surface area contributed by atoms with Gasteiger partial charge < -0.3 is 0 Å². The van der Waals surface area contributed by atoms with Crippen molar-refractivity contribution in [3.8, 4) is 11.3 Å². The second-order valence-corrected chi connectivity index (χ2v) is 5.39. The molecule has 0 aromatic carbocycles. The molecule has 0 unspecified atom stereocenters. The lowest BCUT2D eigenvalue weighted by Gasteiger charge is -2.12. The number of ketones is 2. The number of hydrogen-bond donors (Lipinski definition) is 0. The molecule has 2 aromatic rings. The summed E-state index contributed by atoms with van der Waals surface area (Å²) in [4.78, 5) is 32.0. The molecule has 0 atom stereocenters. The summed E-state index contributed by atoms with van der Waals surface area (Å²) in [7, 11) is 0. The van der Waals surface area contributed by atoms with Crippen molar-refractivity contribution in [2.24, 2.45) is 0 Å². The second-order valence-electron chi connectivity index (χ2n) is 4.15. The summed E-state index contributed by atoms with van der Waals surface area (Å²) in [5.41, 5.74) is 1.76. The quantitative estimate of drug-likeness (QED) is 0.740. The molecule has 20 heavy (non-hydrogen) atoms. The van der Waals surface area contributed by atoms with Crippen LogP contribution in [0.3, 0.4) is 0 Å². The summed E-state index contributed by atoms with van der Waals surface area (Å²) >= 11 is 8.91. The van der Waals surface area contributed by atoms with Crippen molar-refractivity contribution in [3.63, 3.8) is 0 Å². The first-order chi connectivity index (χ1) is 9.56. The molecule has 0 saturated carbocycles. The lowest BCUT2D eigenvalue weighted by molar-refractivity contribution is 0.0988. The van der Waals surface area contributed by atoms with Gasteiger partial charge >= 0.3 is 0 Å². The normalized spacial score (nSPS) is 14.0. The molecule has 0 amide bonds. The fraction of sp³-hybridized carbons (Fsp3) is 0. The Bertz CT molecular complexity index is 786. The number of carbonyl (C=O) groups excluding carboxylic acids is 2. The molecule has 1 aliphatic carbocycles. The highest BCUT2D eigenvalue weighted by Crippen LogP contribution is 2.27. The highest BCUT2D eigenvalue weighted by Gasteiger charge is 2.26. The lowest BCUT2D eigenvalue weighted by Crippen LogP contribution is -2.16. The number of pyridine rings is 2. The van der Waals surface area contributed by atoms with Crippen LogP contribution in [0.5, 0.6) is 0 Å². The molecule has 98 valence electrons. The molecule has 0 radical (unpaired) electrons. The first-order valence-corrected chi connectivity index (χ1v) is 6.82. The van der Waals surface area contributed by atoms with Gasteiger partial charge in [-0.25, -0.2) is 9.97 Å². The molecule has 0 spiro atoms. The van der Waals surface area contributed by atoms with Gasteiger partial charge in [0.25, 0.3) is 0 Å². The topological polar surface area (TPSA) is 59.9 Å². The molecule has 6 heteroatoms. The molecular weight excluding hydrogens is 344 g/mol. The number of aromatic nitrogens is 2. The molecule has 1 aliphatic rings. The molecule has 0 bridgehead atoms. The van der Waals surface area contributed by atoms with Crippen LogP contribution in [0.15, 0.2) is 41.0 Å². The zero-order valence-electron chi connectivity index (χ0n) is 9.93. The lowest BCUT2D eigenvalue weighted by atomic mass is 9.98. The second kappa shape index (κ2) is 4.92. The van der Waals surface area contributed by atoms with Crippen LogP contribution in [0.1, 0.15) is 20.8 Å². The molecule has 0 saturated heterocycles. The summed E-state index contributed by atoms with van der Waals surface area (Å²) in [6, 6.07) is 6.67. The largest absolute Gasteiger partial charge is 0.289 e. The summed E-state index contributed by atoms with van der Waals surface area (Å²) < 4.78 is 0.215. The van der Waals surface area contributed by atoms with Crippen molar-refractivity contribution in [1.82, 2.24) is 9.97 Å². The zero-order valence-corrected chi connectivity index (χ0v) is 12.3. The van der Waals surface area contributed by atoms with Crippen molar-refractivity contribution < 1.29 is 9.59 Å². The van der Waals surface area contributed by atoms with Gasteiger partial charge in [0.15, 0.2) is 5.78 Å². The molecule has 0 fully saturated rings. The Balaban J connectivity index is 2.16. The van der Waals surface area contributed by atoms with E-state index in [-0.39, 0.29) is 21.7 Å². The van der Waals surface area contributed by atoms with Gasteiger partial charge in [0, 0.05) is 17.8 Å². The highest BCUT2D eigenvalue weighted by atomic mass is 79.9. The van der Waals surface area contributed by atoms with E-state index in [9.17, 15) is 9.59 Å². The van der Waals surface area contributed by atoms with Crippen LogP contribution in [0.2, 0.25) is 5.15 Å². The Hall–Kier alpha value is -1.85. The number of hydrogen-bond acceptors (Lipinski definition) is 4. The van der Waals surface area contributed by atoms with Gasteiger partial charge in [0.2, 0.25) is 5.78 Å². The molecule has 2 aromatic heterocycles. The van der Waals surface area contributed by atoms with E-state index in [2.05, 4.69) is 25.9 Å². The van der Waals surface area contributed by atoms with Gasteiger partial charge in [-0.3, -0.25) is 9.59 Å². The predicted octanol–water partition coefficient (Wildman–Crippen LogP) is 3.45. The van der Waals surface area contributed by atoms with Crippen molar-refractivity contribution >= 4 is 39.1 Å². The first kappa shape index (κ1) is 13.1. The van der Waals surface area contributed by atoms with Gasteiger partial charge in [-0.15, -0.1) is 0 Å². The number of fused-ring (bicyclic) bond motifs is 1. The number of rotatable bonds is 1. The minimum Gasteiger partial charge on any atom is -0.289 e. The van der Waals surface area contributed by atoms with Gasteiger partial charge in [0.1, 0.15) is 10.8 Å². The first-order valence-electron chi connectivity index (χ1n) is 5.65. The van der Waals surface area contributed by atoms with Gasteiger partial charge in [0.05, 0.1) is 15.7 Å². The van der Waals surface area contributed by atoms with E-state index in [1.54, 1.807) is 30.5 Å². The van der Waals surface area contributed by atoms with Crippen molar-refractivity contribution in [2.45, 2.75) is 0 Å². The smallest absolute Gasteiger partial charge is 0.219 e. The van der Waals surface area contributed by atoms with Crippen LogP contribution in [-0.2, 0) is 0 Å². The summed E-state index contributed by atoms with van der Waals surface area (Å²) in [6.07, 6.45) is 2.82. The van der Waals surface area contributed by atoms with Crippen LogP contribution in [0.25, 0.3) is 11.3 Å². The third-order valence-corrected chi connectivity index (χ3v) is 3.67. The summed E-state index contributed by atoms with van der Waals surface area (Å²) in [5.74, 6) is -0.542.